The highest BCUT2D eigenvalue weighted by atomic mass is 32.2. The summed E-state index contributed by atoms with van der Waals surface area (Å²) in [6.45, 7) is 4.46. The smallest absolute Gasteiger partial charge is 0.328 e. The normalized spacial score (nSPS) is 16.0. The van der Waals surface area contributed by atoms with Crippen molar-refractivity contribution in [2.75, 3.05) is 26.2 Å². The molecule has 0 saturated heterocycles. The van der Waals surface area contributed by atoms with E-state index in [0.29, 0.717) is 18.7 Å². The highest BCUT2D eigenvalue weighted by Gasteiger charge is 2.30. The molecule has 0 atom stereocenters. The molecular formula is C17H23N3O5S. The van der Waals surface area contributed by atoms with Gasteiger partial charge in [-0.3, -0.25) is 19.3 Å². The van der Waals surface area contributed by atoms with Crippen LogP contribution in [0.5, 0.6) is 0 Å². The Balaban J connectivity index is 1.93. The first-order valence-corrected chi connectivity index (χ1v) is 9.97. The molecule has 2 rings (SSSR count). The lowest BCUT2D eigenvalue weighted by Crippen LogP contribution is -2.36. The third kappa shape index (κ3) is 4.81. The average molecular weight is 381 g/mol. The maximum absolute atomic E-state index is 12.1. The molecule has 0 saturated carbocycles. The summed E-state index contributed by atoms with van der Waals surface area (Å²) in [5, 5.41) is 0. The Morgan fingerprint density at radius 3 is 2.46 bits per heavy atom. The van der Waals surface area contributed by atoms with Gasteiger partial charge in [-0.2, -0.15) is 0 Å². The van der Waals surface area contributed by atoms with Crippen molar-refractivity contribution in [1.29, 1.82) is 0 Å². The largest absolute Gasteiger partial charge is 0.454 e. The zero-order valence-electron chi connectivity index (χ0n) is 14.9. The number of sulfonamides is 1. The van der Waals surface area contributed by atoms with Crippen molar-refractivity contribution in [3.05, 3.63) is 29.8 Å². The molecule has 1 heterocycles. The summed E-state index contributed by atoms with van der Waals surface area (Å²) in [5.41, 5.74) is 0.411. The summed E-state index contributed by atoms with van der Waals surface area (Å²) >= 11 is 0. The minimum Gasteiger partial charge on any atom is -0.454 e. The summed E-state index contributed by atoms with van der Waals surface area (Å²) < 4.78 is 31.2. The van der Waals surface area contributed by atoms with Crippen LogP contribution in [0.4, 0.5) is 0 Å². The zero-order chi connectivity index (χ0) is 19.2. The van der Waals surface area contributed by atoms with Crippen LogP contribution in [-0.2, 0) is 24.3 Å². The van der Waals surface area contributed by atoms with Gasteiger partial charge in [0.25, 0.3) is 15.9 Å². The Morgan fingerprint density at radius 2 is 1.81 bits per heavy atom. The van der Waals surface area contributed by atoms with Crippen molar-refractivity contribution in [1.82, 2.24) is 9.62 Å². The predicted octanol–water partition coefficient (Wildman–Crippen LogP) is 0.917. The number of fused-ring (bicyclic) bond motifs is 1. The monoisotopic (exact) mass is 381 g/mol. The first kappa shape index (κ1) is 19.9. The van der Waals surface area contributed by atoms with Gasteiger partial charge in [0.05, 0.1) is 4.90 Å². The van der Waals surface area contributed by atoms with Gasteiger partial charge in [-0.1, -0.05) is 26.0 Å². The molecule has 0 radical (unpaired) electrons. The van der Waals surface area contributed by atoms with Crippen LogP contribution >= 0.6 is 0 Å². The summed E-state index contributed by atoms with van der Waals surface area (Å²) in [6, 6.07) is 6.37. The molecule has 1 amide bonds. The quantitative estimate of drug-likeness (QED) is 0.674. The number of amidine groups is 1. The molecule has 1 aliphatic heterocycles. The van der Waals surface area contributed by atoms with Crippen LogP contribution in [0.1, 0.15) is 32.3 Å². The summed E-state index contributed by atoms with van der Waals surface area (Å²) in [7, 11) is -3.65. The van der Waals surface area contributed by atoms with Crippen molar-refractivity contribution in [2.24, 2.45) is 4.99 Å². The molecule has 26 heavy (non-hydrogen) atoms. The van der Waals surface area contributed by atoms with E-state index in [2.05, 4.69) is 9.71 Å². The second-order valence-corrected chi connectivity index (χ2v) is 7.46. The van der Waals surface area contributed by atoms with Gasteiger partial charge in [-0.25, -0.2) is 8.42 Å². The summed E-state index contributed by atoms with van der Waals surface area (Å²) in [4.78, 5) is 29.7. The number of benzene rings is 1. The number of carbonyl (C=O) groups is 2. The van der Waals surface area contributed by atoms with Crippen molar-refractivity contribution < 1.29 is 22.7 Å². The molecule has 0 bridgehead atoms. The van der Waals surface area contributed by atoms with E-state index in [1.807, 2.05) is 13.8 Å². The van der Waals surface area contributed by atoms with Crippen LogP contribution in [0, 0.1) is 0 Å². The van der Waals surface area contributed by atoms with Crippen LogP contribution in [0.25, 0.3) is 0 Å². The Hall–Kier alpha value is -2.42. The van der Waals surface area contributed by atoms with Gasteiger partial charge in [-0.05, 0) is 25.0 Å². The van der Waals surface area contributed by atoms with Crippen LogP contribution in [0.3, 0.4) is 0 Å². The summed E-state index contributed by atoms with van der Waals surface area (Å²) in [6.07, 6.45) is 1.65. The number of carbonyl (C=O) groups excluding carboxylic acids is 2. The third-order valence-corrected chi connectivity index (χ3v) is 5.12. The lowest BCUT2D eigenvalue weighted by atomic mass is 10.2. The molecule has 0 unspecified atom stereocenters. The van der Waals surface area contributed by atoms with E-state index < -0.39 is 16.0 Å². The third-order valence-electron chi connectivity index (χ3n) is 3.73. The number of hydrogen-bond donors (Lipinski definition) is 1. The predicted molar refractivity (Wildman–Crippen MR) is 96.3 cm³/mol. The van der Waals surface area contributed by atoms with Gasteiger partial charge in [0.15, 0.2) is 6.61 Å². The Bertz CT molecular complexity index is 798. The number of aliphatic imine (C=N–C) groups is 1. The zero-order valence-corrected chi connectivity index (χ0v) is 15.7. The SMILES string of the molecule is CCCN(CCC)C(=O)COC(=O)CN=C1NS(=O)(=O)c2ccccc21. The fourth-order valence-corrected chi connectivity index (χ4v) is 3.83. The minimum atomic E-state index is -3.65. The molecule has 0 fully saturated rings. The Labute approximate surface area is 153 Å². The number of amides is 1. The number of hydrogen-bond acceptors (Lipinski definition) is 6. The fraction of sp³-hybridized carbons (Fsp3) is 0.471. The van der Waals surface area contributed by atoms with Gasteiger partial charge in [0.1, 0.15) is 12.4 Å². The molecule has 0 aliphatic carbocycles. The van der Waals surface area contributed by atoms with Crippen molar-refractivity contribution in [3.63, 3.8) is 0 Å². The van der Waals surface area contributed by atoms with E-state index in [-0.39, 0.29) is 29.8 Å². The lowest BCUT2D eigenvalue weighted by Gasteiger charge is -2.21. The number of ether oxygens (including phenoxy) is 1. The number of esters is 1. The van der Waals surface area contributed by atoms with Crippen LogP contribution in [0.2, 0.25) is 0 Å². The van der Waals surface area contributed by atoms with E-state index in [1.165, 1.54) is 6.07 Å². The van der Waals surface area contributed by atoms with E-state index in [1.54, 1.807) is 23.1 Å². The number of rotatable bonds is 8. The molecule has 0 spiro atoms. The topological polar surface area (TPSA) is 105 Å². The maximum Gasteiger partial charge on any atom is 0.328 e. The second-order valence-electron chi connectivity index (χ2n) is 5.81. The highest BCUT2D eigenvalue weighted by Crippen LogP contribution is 2.21. The van der Waals surface area contributed by atoms with Crippen molar-refractivity contribution in [2.45, 2.75) is 31.6 Å². The molecule has 9 heteroatoms. The second kappa shape index (κ2) is 8.79. The van der Waals surface area contributed by atoms with Gasteiger partial charge in [0, 0.05) is 18.7 Å². The van der Waals surface area contributed by atoms with E-state index in [0.717, 1.165) is 12.8 Å². The molecule has 0 aromatic heterocycles. The van der Waals surface area contributed by atoms with Crippen LogP contribution < -0.4 is 4.72 Å². The highest BCUT2D eigenvalue weighted by molar-refractivity contribution is 7.90. The molecule has 1 aromatic rings. The molecule has 1 N–H and O–H groups in total. The Kier molecular flexibility index (Phi) is 6.73. The first-order chi connectivity index (χ1) is 12.4. The van der Waals surface area contributed by atoms with Gasteiger partial charge < -0.3 is 9.64 Å². The molecular weight excluding hydrogens is 358 g/mol. The standard InChI is InChI=1S/C17H23N3O5S/c1-3-9-20(10-4-2)15(21)12-25-16(22)11-18-17-13-7-5-6-8-14(13)26(23,24)19-17/h5-8H,3-4,9-12H2,1-2H3,(H,18,19). The maximum atomic E-state index is 12.1. The lowest BCUT2D eigenvalue weighted by molar-refractivity contribution is -0.150. The molecule has 8 nitrogen and oxygen atoms in total. The van der Waals surface area contributed by atoms with E-state index >= 15 is 0 Å². The fourth-order valence-electron chi connectivity index (χ4n) is 2.58. The minimum absolute atomic E-state index is 0.0995. The van der Waals surface area contributed by atoms with Crippen LogP contribution in [0.15, 0.2) is 34.2 Å². The average Bonchev–Trinajstić information content (AvgIpc) is 2.88. The van der Waals surface area contributed by atoms with E-state index in [9.17, 15) is 18.0 Å². The summed E-state index contributed by atoms with van der Waals surface area (Å²) in [5.74, 6) is -0.841. The molecule has 1 aliphatic rings. The van der Waals surface area contributed by atoms with Gasteiger partial charge in [0.2, 0.25) is 0 Å². The molecule has 142 valence electrons. The van der Waals surface area contributed by atoms with Gasteiger partial charge >= 0.3 is 5.97 Å². The van der Waals surface area contributed by atoms with E-state index in [4.69, 9.17) is 4.74 Å². The van der Waals surface area contributed by atoms with Crippen LogP contribution in [-0.4, -0.2) is 57.3 Å². The van der Waals surface area contributed by atoms with Gasteiger partial charge in [-0.15, -0.1) is 0 Å². The van der Waals surface area contributed by atoms with Crippen molar-refractivity contribution in [3.8, 4) is 0 Å². The number of nitrogens with one attached hydrogen (secondary N) is 1. The Morgan fingerprint density at radius 1 is 1.15 bits per heavy atom. The first-order valence-electron chi connectivity index (χ1n) is 8.49. The van der Waals surface area contributed by atoms with Crippen molar-refractivity contribution >= 4 is 27.7 Å². The molecule has 1 aromatic carbocycles. The number of nitrogens with zero attached hydrogens (tertiary/aromatic N) is 2.